The van der Waals surface area contributed by atoms with Gasteiger partial charge in [-0.3, -0.25) is 14.4 Å². The number of fused-ring (bicyclic) bond motifs is 5. The number of aliphatic hydroxyl groups excluding tert-OH is 1. The number of hydrogen-bond acceptors (Lipinski definition) is 6. The van der Waals surface area contributed by atoms with Crippen molar-refractivity contribution >= 4 is 17.3 Å². The molecular weight excluding hydrogens is 348 g/mol. The highest BCUT2D eigenvalue weighted by atomic mass is 16.5. The number of rotatable bonds is 2. The Balaban J connectivity index is 1.75. The van der Waals surface area contributed by atoms with Crippen LogP contribution in [-0.2, 0) is 14.4 Å². The van der Waals surface area contributed by atoms with E-state index in [1.165, 1.54) is 6.08 Å². The number of allylic oxidation sites excluding steroid dienone is 4. The van der Waals surface area contributed by atoms with E-state index in [0.717, 1.165) is 12.0 Å². The van der Waals surface area contributed by atoms with Crippen molar-refractivity contribution in [2.24, 2.45) is 28.6 Å². The van der Waals surface area contributed by atoms with Crippen molar-refractivity contribution in [1.29, 1.82) is 0 Å². The highest BCUT2D eigenvalue weighted by Gasteiger charge is 2.68. The number of carbonyl (C=O) groups excluding carboxylic acids is 3. The van der Waals surface area contributed by atoms with Crippen LogP contribution in [0.5, 0.6) is 0 Å². The molecular formula is C21H26O6. The smallest absolute Gasteiger partial charge is 0.220 e. The van der Waals surface area contributed by atoms with E-state index < -0.39 is 28.5 Å². The molecule has 3 N–H and O–H groups in total. The second kappa shape index (κ2) is 5.69. The summed E-state index contributed by atoms with van der Waals surface area (Å²) in [6, 6.07) is 0. The Hall–Kier alpha value is -1.63. The summed E-state index contributed by atoms with van der Waals surface area (Å²) in [4.78, 5) is 37.5. The van der Waals surface area contributed by atoms with E-state index in [0.29, 0.717) is 12.8 Å². The molecule has 146 valence electrons. The number of aliphatic hydroxyl groups is 3. The van der Waals surface area contributed by atoms with Crippen LogP contribution in [0, 0.1) is 28.6 Å². The average Bonchev–Trinajstić information content (AvgIpc) is 2.86. The maximum absolute atomic E-state index is 13.3. The van der Waals surface area contributed by atoms with Crippen molar-refractivity contribution in [3.05, 3.63) is 23.8 Å². The lowest BCUT2D eigenvalue weighted by Gasteiger charge is -2.56. The number of carbonyl (C=O) groups is 3. The van der Waals surface area contributed by atoms with Gasteiger partial charge in [0.15, 0.2) is 5.78 Å². The van der Waals surface area contributed by atoms with E-state index in [-0.39, 0.29) is 42.2 Å². The van der Waals surface area contributed by atoms with Crippen molar-refractivity contribution in [1.82, 2.24) is 0 Å². The van der Waals surface area contributed by atoms with Crippen molar-refractivity contribution in [3.8, 4) is 0 Å². The van der Waals surface area contributed by atoms with Gasteiger partial charge in [-0.1, -0.05) is 25.5 Å². The number of hydrogen-bond donors (Lipinski definition) is 3. The zero-order valence-corrected chi connectivity index (χ0v) is 15.6. The third kappa shape index (κ3) is 2.27. The fraction of sp³-hybridized carbons (Fsp3) is 0.667. The minimum atomic E-state index is -2.25. The van der Waals surface area contributed by atoms with Crippen LogP contribution in [0.25, 0.3) is 0 Å². The Morgan fingerprint density at radius 1 is 1.22 bits per heavy atom. The maximum atomic E-state index is 13.3. The topological polar surface area (TPSA) is 112 Å². The van der Waals surface area contributed by atoms with Gasteiger partial charge in [-0.2, -0.15) is 0 Å². The van der Waals surface area contributed by atoms with Gasteiger partial charge in [0, 0.05) is 23.2 Å². The fourth-order valence-electron chi connectivity index (χ4n) is 6.65. The lowest BCUT2D eigenvalue weighted by Crippen LogP contribution is -2.61. The summed E-state index contributed by atoms with van der Waals surface area (Å²) in [7, 11) is 0. The molecule has 0 spiro atoms. The van der Waals surface area contributed by atoms with Gasteiger partial charge >= 0.3 is 0 Å². The number of Topliss-reactive ketones (excluding diaryl/α,β-unsaturated/α-hetero) is 2. The summed E-state index contributed by atoms with van der Waals surface area (Å²) >= 11 is 0. The average molecular weight is 374 g/mol. The predicted molar refractivity (Wildman–Crippen MR) is 95.2 cm³/mol. The summed E-state index contributed by atoms with van der Waals surface area (Å²) in [6.07, 6.45) is 4.95. The van der Waals surface area contributed by atoms with Crippen LogP contribution in [0.4, 0.5) is 0 Å². The molecule has 3 saturated carbocycles. The summed E-state index contributed by atoms with van der Waals surface area (Å²) in [5, 5.41) is 29.9. The molecule has 6 nitrogen and oxygen atoms in total. The summed E-state index contributed by atoms with van der Waals surface area (Å²) in [5.41, 5.74) is -2.42. The van der Waals surface area contributed by atoms with Crippen LogP contribution < -0.4 is 0 Å². The second-order valence-electron chi connectivity index (χ2n) is 9.17. The Labute approximate surface area is 158 Å². The Kier molecular flexibility index (Phi) is 3.94. The van der Waals surface area contributed by atoms with Gasteiger partial charge in [0.25, 0.3) is 0 Å². The second-order valence-corrected chi connectivity index (χ2v) is 9.17. The number of ketones is 3. The van der Waals surface area contributed by atoms with Gasteiger partial charge in [-0.05, 0) is 49.7 Å². The molecule has 0 aromatic carbocycles. The van der Waals surface area contributed by atoms with Crippen molar-refractivity contribution in [2.45, 2.75) is 57.8 Å². The molecule has 0 aromatic rings. The largest absolute Gasteiger partial charge is 0.381 e. The van der Waals surface area contributed by atoms with Gasteiger partial charge in [0.2, 0.25) is 12.1 Å². The SMILES string of the molecule is CC12C=CC(=O)C=C1CCC1C2C(=O)CC2(C)C1CCC2(O)C(=O)C(O)O. The summed E-state index contributed by atoms with van der Waals surface area (Å²) < 4.78 is 0. The third-order valence-electron chi connectivity index (χ3n) is 8.05. The van der Waals surface area contributed by atoms with E-state index in [2.05, 4.69) is 0 Å². The first-order valence-electron chi connectivity index (χ1n) is 9.64. The first kappa shape index (κ1) is 18.7. The quantitative estimate of drug-likeness (QED) is 0.624. The van der Waals surface area contributed by atoms with Crippen LogP contribution in [-0.4, -0.2) is 44.6 Å². The normalized spacial score (nSPS) is 46.0. The van der Waals surface area contributed by atoms with Crippen molar-refractivity contribution in [2.75, 3.05) is 0 Å². The monoisotopic (exact) mass is 374 g/mol. The van der Waals surface area contributed by atoms with Crippen LogP contribution in [0.3, 0.4) is 0 Å². The molecule has 0 heterocycles. The maximum Gasteiger partial charge on any atom is 0.220 e. The molecule has 0 amide bonds. The van der Waals surface area contributed by atoms with E-state index in [1.807, 2.05) is 13.0 Å². The minimum absolute atomic E-state index is 0.00564. The van der Waals surface area contributed by atoms with E-state index in [4.69, 9.17) is 0 Å². The summed E-state index contributed by atoms with van der Waals surface area (Å²) in [5.74, 6) is -1.43. The highest BCUT2D eigenvalue weighted by Crippen LogP contribution is 2.66. The van der Waals surface area contributed by atoms with Gasteiger partial charge < -0.3 is 15.3 Å². The standard InChI is InChI=1S/C21H26O6/c1-19-7-5-12(22)9-11(19)3-4-13-14-6-8-21(27,17(24)18(25)26)20(14,2)10-15(23)16(13)19/h5,7,9,13-14,16,18,25-27H,3-4,6,8,10H2,1-2H3. The molecule has 3 fully saturated rings. The molecule has 4 aliphatic carbocycles. The zero-order chi connectivity index (χ0) is 19.8. The van der Waals surface area contributed by atoms with Gasteiger partial charge in [0.1, 0.15) is 11.4 Å². The van der Waals surface area contributed by atoms with Crippen LogP contribution in [0.2, 0.25) is 0 Å². The first-order chi connectivity index (χ1) is 12.5. The lowest BCUT2D eigenvalue weighted by atomic mass is 9.46. The molecule has 6 unspecified atom stereocenters. The first-order valence-corrected chi connectivity index (χ1v) is 9.64. The predicted octanol–water partition coefficient (Wildman–Crippen LogP) is 1.08. The summed E-state index contributed by atoms with van der Waals surface area (Å²) in [6.45, 7) is 3.75. The molecule has 0 aliphatic heterocycles. The molecule has 0 saturated heterocycles. The van der Waals surface area contributed by atoms with Crippen molar-refractivity contribution < 1.29 is 29.7 Å². The van der Waals surface area contributed by atoms with Crippen LogP contribution in [0.1, 0.15) is 46.0 Å². The molecule has 4 aliphatic rings. The highest BCUT2D eigenvalue weighted by molar-refractivity contribution is 6.02. The Bertz CT molecular complexity index is 794. The lowest BCUT2D eigenvalue weighted by molar-refractivity contribution is -0.185. The Morgan fingerprint density at radius 2 is 1.93 bits per heavy atom. The van der Waals surface area contributed by atoms with Gasteiger partial charge in [-0.25, -0.2) is 0 Å². The minimum Gasteiger partial charge on any atom is -0.381 e. The van der Waals surface area contributed by atoms with Crippen molar-refractivity contribution in [3.63, 3.8) is 0 Å². The van der Waals surface area contributed by atoms with E-state index in [1.54, 1.807) is 13.0 Å². The van der Waals surface area contributed by atoms with Crippen LogP contribution >= 0.6 is 0 Å². The van der Waals surface area contributed by atoms with Gasteiger partial charge in [-0.15, -0.1) is 0 Å². The fourth-order valence-corrected chi connectivity index (χ4v) is 6.65. The molecule has 0 radical (unpaired) electrons. The molecule has 6 atom stereocenters. The molecule has 27 heavy (non-hydrogen) atoms. The third-order valence-corrected chi connectivity index (χ3v) is 8.05. The Morgan fingerprint density at radius 3 is 2.59 bits per heavy atom. The van der Waals surface area contributed by atoms with E-state index >= 15 is 0 Å². The van der Waals surface area contributed by atoms with E-state index in [9.17, 15) is 29.7 Å². The van der Waals surface area contributed by atoms with Crippen LogP contribution in [0.15, 0.2) is 23.8 Å². The molecule has 6 heteroatoms. The van der Waals surface area contributed by atoms with Gasteiger partial charge in [0.05, 0.1) is 0 Å². The molecule has 0 aromatic heterocycles. The molecule has 0 bridgehead atoms. The zero-order valence-electron chi connectivity index (χ0n) is 15.6. The molecule has 4 rings (SSSR count).